The Labute approximate surface area is 255 Å². The standard InChI is InChI=1S/C35H45N3O5/c1-20(2)25-10-14-27(15-11-25)30(28-16-12-26(13-17-28)21(3)4)23(7)37-33(39)24(8)38-34(40)31-32(43-35(41)22(5)6)29(42-9)18-19-36-31/h10-24,30H,1-9H3,(H,37,39)(H,38,40)/t23-,24-/m0/s1. The number of pyridine rings is 1. The predicted octanol–water partition coefficient (Wildman–Crippen LogP) is 6.35. The fraction of sp³-hybridized carbons (Fsp3) is 0.429. The molecule has 0 spiro atoms. The van der Waals surface area contributed by atoms with Gasteiger partial charge in [-0.05, 0) is 47.9 Å². The van der Waals surface area contributed by atoms with Gasteiger partial charge < -0.3 is 20.1 Å². The van der Waals surface area contributed by atoms with Crippen molar-refractivity contribution in [2.24, 2.45) is 5.92 Å². The lowest BCUT2D eigenvalue weighted by molar-refractivity contribution is -0.137. The van der Waals surface area contributed by atoms with Crippen LogP contribution in [0.2, 0.25) is 0 Å². The summed E-state index contributed by atoms with van der Waals surface area (Å²) in [4.78, 5) is 43.1. The molecule has 0 saturated carbocycles. The molecule has 0 radical (unpaired) electrons. The van der Waals surface area contributed by atoms with Gasteiger partial charge in [-0.25, -0.2) is 4.98 Å². The highest BCUT2D eigenvalue weighted by molar-refractivity contribution is 5.99. The molecule has 1 heterocycles. The number of ether oxygens (including phenoxy) is 2. The quantitative estimate of drug-likeness (QED) is 0.239. The van der Waals surface area contributed by atoms with Crippen LogP contribution in [0, 0.1) is 5.92 Å². The maximum absolute atomic E-state index is 13.4. The number of nitrogens with one attached hydrogen (secondary N) is 2. The van der Waals surface area contributed by atoms with Crippen LogP contribution in [0.25, 0.3) is 0 Å². The number of esters is 1. The zero-order valence-electron chi connectivity index (χ0n) is 26.7. The molecular formula is C35H45N3O5. The van der Waals surface area contributed by atoms with Crippen molar-refractivity contribution in [2.75, 3.05) is 7.11 Å². The first-order valence-corrected chi connectivity index (χ1v) is 14.9. The Bertz CT molecular complexity index is 1350. The van der Waals surface area contributed by atoms with Crippen molar-refractivity contribution in [1.29, 1.82) is 0 Å². The highest BCUT2D eigenvalue weighted by Gasteiger charge is 2.28. The number of carbonyl (C=O) groups excluding carboxylic acids is 3. The zero-order valence-corrected chi connectivity index (χ0v) is 26.7. The maximum atomic E-state index is 13.4. The van der Waals surface area contributed by atoms with E-state index >= 15 is 0 Å². The lowest BCUT2D eigenvalue weighted by Crippen LogP contribution is -2.49. The number of hydrogen-bond acceptors (Lipinski definition) is 6. The third-order valence-corrected chi connectivity index (χ3v) is 7.51. The zero-order chi connectivity index (χ0) is 31.8. The number of carbonyl (C=O) groups is 3. The van der Waals surface area contributed by atoms with Gasteiger partial charge in [0.05, 0.1) is 13.0 Å². The molecule has 2 atom stereocenters. The third-order valence-electron chi connectivity index (χ3n) is 7.51. The van der Waals surface area contributed by atoms with Crippen LogP contribution in [-0.2, 0) is 9.59 Å². The van der Waals surface area contributed by atoms with Gasteiger partial charge in [-0.3, -0.25) is 14.4 Å². The van der Waals surface area contributed by atoms with E-state index in [9.17, 15) is 14.4 Å². The molecule has 2 aromatic carbocycles. The molecule has 8 heteroatoms. The van der Waals surface area contributed by atoms with Gasteiger partial charge in [0, 0.05) is 24.2 Å². The minimum absolute atomic E-state index is 0.0862. The van der Waals surface area contributed by atoms with Crippen LogP contribution in [0.3, 0.4) is 0 Å². The fourth-order valence-electron chi connectivity index (χ4n) is 4.78. The highest BCUT2D eigenvalue weighted by Crippen LogP contribution is 2.32. The minimum atomic E-state index is -0.899. The van der Waals surface area contributed by atoms with E-state index in [0.29, 0.717) is 11.8 Å². The Morgan fingerprint density at radius 2 is 1.19 bits per heavy atom. The second-order valence-electron chi connectivity index (χ2n) is 11.9. The van der Waals surface area contributed by atoms with Gasteiger partial charge in [0.1, 0.15) is 6.04 Å². The lowest BCUT2D eigenvalue weighted by atomic mass is 9.84. The molecule has 2 amide bonds. The summed E-state index contributed by atoms with van der Waals surface area (Å²) < 4.78 is 10.7. The molecule has 1 aromatic heterocycles. The van der Waals surface area contributed by atoms with E-state index in [4.69, 9.17) is 9.47 Å². The topological polar surface area (TPSA) is 107 Å². The van der Waals surface area contributed by atoms with Gasteiger partial charge in [-0.2, -0.15) is 0 Å². The maximum Gasteiger partial charge on any atom is 0.313 e. The third kappa shape index (κ3) is 8.43. The van der Waals surface area contributed by atoms with Crippen LogP contribution in [0.1, 0.15) is 106 Å². The number of rotatable bonds is 12. The van der Waals surface area contributed by atoms with Crippen molar-refractivity contribution in [3.63, 3.8) is 0 Å². The van der Waals surface area contributed by atoms with Gasteiger partial charge in [0.25, 0.3) is 5.91 Å². The first kappa shape index (κ1) is 33.3. The summed E-state index contributed by atoms with van der Waals surface area (Å²) in [5.41, 5.74) is 4.52. The fourth-order valence-corrected chi connectivity index (χ4v) is 4.78. The first-order chi connectivity index (χ1) is 20.3. The van der Waals surface area contributed by atoms with E-state index in [2.05, 4.69) is 91.8 Å². The SMILES string of the molecule is COc1ccnc(C(=O)N[C@@H](C)C(=O)N[C@@H](C)C(c2ccc(C(C)C)cc2)c2ccc(C(C)C)cc2)c1OC(=O)C(C)C. The van der Waals surface area contributed by atoms with E-state index in [0.717, 1.165) is 11.1 Å². The van der Waals surface area contributed by atoms with E-state index in [1.165, 1.54) is 30.5 Å². The van der Waals surface area contributed by atoms with Crippen LogP contribution in [0.5, 0.6) is 11.5 Å². The minimum Gasteiger partial charge on any atom is -0.493 e. The monoisotopic (exact) mass is 587 g/mol. The second kappa shape index (κ2) is 14.8. The summed E-state index contributed by atoms with van der Waals surface area (Å²) in [7, 11) is 1.41. The normalized spacial score (nSPS) is 12.8. The number of benzene rings is 2. The Balaban J connectivity index is 1.83. The van der Waals surface area contributed by atoms with Crippen LogP contribution in [0.4, 0.5) is 0 Å². The number of methoxy groups -OCH3 is 1. The Hall–Kier alpha value is -4.20. The van der Waals surface area contributed by atoms with E-state index in [1.54, 1.807) is 20.8 Å². The number of aromatic nitrogens is 1. The van der Waals surface area contributed by atoms with Crippen molar-refractivity contribution in [3.8, 4) is 11.5 Å². The van der Waals surface area contributed by atoms with Crippen LogP contribution in [0.15, 0.2) is 60.8 Å². The largest absolute Gasteiger partial charge is 0.493 e. The van der Waals surface area contributed by atoms with Gasteiger partial charge >= 0.3 is 5.97 Å². The van der Waals surface area contributed by atoms with Crippen molar-refractivity contribution >= 4 is 17.8 Å². The van der Waals surface area contributed by atoms with Crippen molar-refractivity contribution in [3.05, 3.63) is 88.7 Å². The van der Waals surface area contributed by atoms with Crippen molar-refractivity contribution < 1.29 is 23.9 Å². The molecule has 230 valence electrons. The highest BCUT2D eigenvalue weighted by atomic mass is 16.6. The summed E-state index contributed by atoms with van der Waals surface area (Å²) in [5, 5.41) is 5.80. The number of hydrogen-bond donors (Lipinski definition) is 2. The molecule has 0 saturated heterocycles. The Kier molecular flexibility index (Phi) is 11.5. The summed E-state index contributed by atoms with van der Waals surface area (Å²) in [5.74, 6) is -1.17. The molecule has 8 nitrogen and oxygen atoms in total. The second-order valence-corrected chi connectivity index (χ2v) is 11.9. The van der Waals surface area contributed by atoms with Crippen LogP contribution >= 0.6 is 0 Å². The van der Waals surface area contributed by atoms with Crippen LogP contribution in [-0.4, -0.2) is 42.0 Å². The number of nitrogens with zero attached hydrogens (tertiary/aromatic N) is 1. The summed E-state index contributed by atoms with van der Waals surface area (Å²) in [6.07, 6.45) is 1.38. The molecule has 2 N–H and O–H groups in total. The smallest absolute Gasteiger partial charge is 0.313 e. The lowest BCUT2D eigenvalue weighted by Gasteiger charge is -2.28. The summed E-state index contributed by atoms with van der Waals surface area (Å²) >= 11 is 0. The average Bonchev–Trinajstić information content (AvgIpc) is 2.97. The molecule has 43 heavy (non-hydrogen) atoms. The average molecular weight is 588 g/mol. The van der Waals surface area contributed by atoms with Crippen molar-refractivity contribution in [2.45, 2.75) is 85.2 Å². The van der Waals surface area contributed by atoms with Crippen LogP contribution < -0.4 is 20.1 Å². The molecule has 0 aliphatic rings. The number of amides is 2. The first-order valence-electron chi connectivity index (χ1n) is 14.9. The molecule has 0 bridgehead atoms. The molecule has 3 aromatic rings. The Morgan fingerprint density at radius 3 is 1.63 bits per heavy atom. The molecular weight excluding hydrogens is 542 g/mol. The van der Waals surface area contributed by atoms with E-state index < -0.39 is 23.8 Å². The van der Waals surface area contributed by atoms with Gasteiger partial charge in [0.15, 0.2) is 11.4 Å². The Morgan fingerprint density at radius 1 is 0.698 bits per heavy atom. The van der Waals surface area contributed by atoms with E-state index in [1.807, 2.05) is 6.92 Å². The molecule has 0 aliphatic carbocycles. The summed E-state index contributed by atoms with van der Waals surface area (Å²) in [6, 6.07) is 17.3. The van der Waals surface area contributed by atoms with Crippen molar-refractivity contribution in [1.82, 2.24) is 15.6 Å². The molecule has 3 rings (SSSR count). The molecule has 0 aliphatic heterocycles. The predicted molar refractivity (Wildman–Crippen MR) is 169 cm³/mol. The van der Waals surface area contributed by atoms with Gasteiger partial charge in [0.2, 0.25) is 11.7 Å². The molecule has 0 unspecified atom stereocenters. The summed E-state index contributed by atoms with van der Waals surface area (Å²) in [6.45, 7) is 15.6. The van der Waals surface area contributed by atoms with Gasteiger partial charge in [-0.15, -0.1) is 0 Å². The molecule has 0 fully saturated rings. The van der Waals surface area contributed by atoms with E-state index in [-0.39, 0.29) is 35.1 Å². The van der Waals surface area contributed by atoms with Gasteiger partial charge in [-0.1, -0.05) is 90.1 Å².